The van der Waals surface area contributed by atoms with Crippen molar-refractivity contribution < 1.29 is 9.53 Å². The maximum atomic E-state index is 11.2. The van der Waals surface area contributed by atoms with Crippen molar-refractivity contribution >= 4 is 38.9 Å². The number of carbonyl (C=O) groups is 1. The Bertz CT molecular complexity index is 610. The summed E-state index contributed by atoms with van der Waals surface area (Å²) in [5, 5.41) is 3.41. The lowest BCUT2D eigenvalue weighted by Crippen LogP contribution is -2.02. The highest BCUT2D eigenvalue weighted by Crippen LogP contribution is 2.23. The van der Waals surface area contributed by atoms with Gasteiger partial charge in [0.25, 0.3) is 0 Å². The zero-order chi connectivity index (χ0) is 14.5. The molecule has 0 unspecified atom stereocenters. The first-order valence-corrected chi connectivity index (χ1v) is 7.84. The number of hydrogen-bond acceptors (Lipinski definition) is 4. The molecule has 0 fully saturated rings. The Hall–Kier alpha value is -1.33. The van der Waals surface area contributed by atoms with Crippen molar-refractivity contribution in [1.29, 1.82) is 0 Å². The van der Waals surface area contributed by atoms with Crippen molar-refractivity contribution in [2.24, 2.45) is 0 Å². The van der Waals surface area contributed by atoms with E-state index >= 15 is 0 Å². The summed E-state index contributed by atoms with van der Waals surface area (Å²) in [6, 6.07) is 10.2. The summed E-state index contributed by atoms with van der Waals surface area (Å²) in [7, 11) is 1.41. The van der Waals surface area contributed by atoms with Crippen molar-refractivity contribution in [3.05, 3.63) is 50.1 Å². The predicted molar refractivity (Wildman–Crippen MR) is 86.2 cm³/mol. The van der Waals surface area contributed by atoms with Crippen LogP contribution in [0.2, 0.25) is 0 Å². The average Bonchev–Trinajstić information content (AvgIpc) is 2.87. The Kier molecular flexibility index (Phi) is 5.20. The van der Waals surface area contributed by atoms with Crippen LogP contribution in [0.5, 0.6) is 0 Å². The number of anilines is 1. The van der Waals surface area contributed by atoms with Crippen LogP contribution in [0.15, 0.2) is 34.8 Å². The summed E-state index contributed by atoms with van der Waals surface area (Å²) < 4.78 is 5.73. The van der Waals surface area contributed by atoms with Gasteiger partial charge >= 0.3 is 5.97 Å². The fourth-order valence-corrected chi connectivity index (χ4v) is 3.10. The number of aryl methyl sites for hydroxylation is 1. The quantitative estimate of drug-likeness (QED) is 0.820. The molecule has 0 saturated heterocycles. The number of carbonyl (C=O) groups excluding carboxylic acids is 1. The average molecular weight is 354 g/mol. The molecule has 0 aliphatic carbocycles. The van der Waals surface area contributed by atoms with Crippen LogP contribution in [0.4, 0.5) is 5.69 Å². The van der Waals surface area contributed by atoms with E-state index in [1.54, 1.807) is 11.3 Å². The second-order valence-electron chi connectivity index (χ2n) is 4.43. The van der Waals surface area contributed by atoms with E-state index in [-0.39, 0.29) is 5.97 Å². The van der Waals surface area contributed by atoms with E-state index in [0.29, 0.717) is 6.42 Å². The molecule has 20 heavy (non-hydrogen) atoms. The van der Waals surface area contributed by atoms with Crippen molar-refractivity contribution in [3.63, 3.8) is 0 Å². The molecule has 2 rings (SSSR count). The standard InChI is InChI=1S/C15H16BrNO2S/c1-10-3-4-11(16)7-14(10)17-9-13-6-5-12(20-13)8-15(18)19-2/h3-7,17H,8-9H2,1-2H3. The number of methoxy groups -OCH3 is 1. The number of thiophene rings is 1. The summed E-state index contributed by atoms with van der Waals surface area (Å²) in [5.74, 6) is -0.200. The van der Waals surface area contributed by atoms with Gasteiger partial charge in [-0.15, -0.1) is 11.3 Å². The lowest BCUT2D eigenvalue weighted by atomic mass is 10.2. The Labute approximate surface area is 131 Å². The van der Waals surface area contributed by atoms with Gasteiger partial charge in [-0.3, -0.25) is 4.79 Å². The number of esters is 1. The van der Waals surface area contributed by atoms with Crippen LogP contribution >= 0.6 is 27.3 Å². The van der Waals surface area contributed by atoms with Gasteiger partial charge in [0.1, 0.15) is 0 Å². The normalized spacial score (nSPS) is 10.3. The van der Waals surface area contributed by atoms with E-state index in [1.807, 2.05) is 18.2 Å². The molecule has 106 valence electrons. The Balaban J connectivity index is 1.97. The summed E-state index contributed by atoms with van der Waals surface area (Å²) >= 11 is 5.10. The maximum absolute atomic E-state index is 11.2. The summed E-state index contributed by atoms with van der Waals surface area (Å²) in [6.45, 7) is 2.83. The fraction of sp³-hybridized carbons (Fsp3) is 0.267. The van der Waals surface area contributed by atoms with Gasteiger partial charge in [-0.2, -0.15) is 0 Å². The lowest BCUT2D eigenvalue weighted by Gasteiger charge is -2.08. The highest BCUT2D eigenvalue weighted by molar-refractivity contribution is 9.10. The fourth-order valence-electron chi connectivity index (χ4n) is 1.79. The topological polar surface area (TPSA) is 38.3 Å². The lowest BCUT2D eigenvalue weighted by molar-refractivity contribution is -0.139. The van der Waals surface area contributed by atoms with Crippen LogP contribution in [0.1, 0.15) is 15.3 Å². The Morgan fingerprint density at radius 2 is 2.05 bits per heavy atom. The third-order valence-electron chi connectivity index (χ3n) is 2.92. The van der Waals surface area contributed by atoms with Gasteiger partial charge in [0.15, 0.2) is 0 Å². The molecule has 0 bridgehead atoms. The molecule has 0 amide bonds. The second-order valence-corrected chi connectivity index (χ2v) is 6.60. The summed E-state index contributed by atoms with van der Waals surface area (Å²) in [6.07, 6.45) is 0.344. The second kappa shape index (κ2) is 6.90. The van der Waals surface area contributed by atoms with Crippen molar-refractivity contribution in [3.8, 4) is 0 Å². The molecule has 2 aromatic rings. The molecule has 1 aromatic carbocycles. The number of ether oxygens (including phenoxy) is 1. The number of nitrogens with one attached hydrogen (secondary N) is 1. The van der Waals surface area contributed by atoms with Gasteiger partial charge in [-0.25, -0.2) is 0 Å². The molecule has 0 radical (unpaired) electrons. The number of halogens is 1. The molecule has 0 aliphatic rings. The van der Waals surface area contributed by atoms with Crippen LogP contribution in [0, 0.1) is 6.92 Å². The van der Waals surface area contributed by atoms with E-state index in [4.69, 9.17) is 0 Å². The van der Waals surface area contributed by atoms with Crippen LogP contribution in [0.3, 0.4) is 0 Å². The van der Waals surface area contributed by atoms with E-state index in [0.717, 1.165) is 21.6 Å². The smallest absolute Gasteiger partial charge is 0.310 e. The van der Waals surface area contributed by atoms with Crippen LogP contribution in [-0.2, 0) is 22.5 Å². The molecule has 0 aliphatic heterocycles. The minimum Gasteiger partial charge on any atom is -0.469 e. The third kappa shape index (κ3) is 4.08. The predicted octanol–water partition coefficient (Wildman–Crippen LogP) is 4.15. The van der Waals surface area contributed by atoms with E-state index in [1.165, 1.54) is 17.6 Å². The molecular weight excluding hydrogens is 338 g/mol. The molecule has 1 heterocycles. The third-order valence-corrected chi connectivity index (χ3v) is 4.49. The van der Waals surface area contributed by atoms with Gasteiger partial charge in [0, 0.05) is 26.5 Å². The van der Waals surface area contributed by atoms with Crippen LogP contribution < -0.4 is 5.32 Å². The first-order valence-electron chi connectivity index (χ1n) is 6.23. The first kappa shape index (κ1) is 15.1. The number of hydrogen-bond donors (Lipinski definition) is 1. The monoisotopic (exact) mass is 353 g/mol. The van der Waals surface area contributed by atoms with Crippen molar-refractivity contribution in [1.82, 2.24) is 0 Å². The zero-order valence-corrected chi connectivity index (χ0v) is 13.8. The molecule has 0 saturated carbocycles. The Morgan fingerprint density at radius 3 is 2.80 bits per heavy atom. The number of rotatable bonds is 5. The first-order chi connectivity index (χ1) is 9.58. The summed E-state index contributed by atoms with van der Waals surface area (Å²) in [5.41, 5.74) is 2.32. The van der Waals surface area contributed by atoms with Crippen molar-refractivity contribution in [2.75, 3.05) is 12.4 Å². The van der Waals surface area contributed by atoms with Crippen molar-refractivity contribution in [2.45, 2.75) is 19.9 Å². The van der Waals surface area contributed by atoms with Gasteiger partial charge in [0.2, 0.25) is 0 Å². The van der Waals surface area contributed by atoms with E-state index in [2.05, 4.69) is 45.0 Å². The van der Waals surface area contributed by atoms with E-state index < -0.39 is 0 Å². The molecule has 3 nitrogen and oxygen atoms in total. The number of benzene rings is 1. The highest BCUT2D eigenvalue weighted by Gasteiger charge is 2.06. The molecule has 5 heteroatoms. The molecular formula is C15H16BrNO2S. The molecule has 0 atom stereocenters. The van der Waals surface area contributed by atoms with Gasteiger partial charge in [-0.05, 0) is 36.8 Å². The molecule has 0 spiro atoms. The SMILES string of the molecule is COC(=O)Cc1ccc(CNc2cc(Br)ccc2C)s1. The largest absolute Gasteiger partial charge is 0.469 e. The zero-order valence-electron chi connectivity index (χ0n) is 11.4. The minimum atomic E-state index is -0.200. The maximum Gasteiger partial charge on any atom is 0.310 e. The highest BCUT2D eigenvalue weighted by atomic mass is 79.9. The van der Waals surface area contributed by atoms with Crippen LogP contribution in [-0.4, -0.2) is 13.1 Å². The van der Waals surface area contributed by atoms with Gasteiger partial charge in [0.05, 0.1) is 13.5 Å². The molecule has 1 aromatic heterocycles. The summed E-state index contributed by atoms with van der Waals surface area (Å²) in [4.78, 5) is 13.4. The van der Waals surface area contributed by atoms with Crippen LogP contribution in [0.25, 0.3) is 0 Å². The molecule has 1 N–H and O–H groups in total. The van der Waals surface area contributed by atoms with Gasteiger partial charge in [-0.1, -0.05) is 22.0 Å². The minimum absolute atomic E-state index is 0.200. The Morgan fingerprint density at radius 1 is 1.30 bits per heavy atom. The van der Waals surface area contributed by atoms with E-state index in [9.17, 15) is 4.79 Å². The van der Waals surface area contributed by atoms with Gasteiger partial charge < -0.3 is 10.1 Å².